The van der Waals surface area contributed by atoms with Gasteiger partial charge in [0.1, 0.15) is 0 Å². The van der Waals surface area contributed by atoms with Gasteiger partial charge in [0.15, 0.2) is 0 Å². The van der Waals surface area contributed by atoms with Crippen LogP contribution in [0.3, 0.4) is 0 Å². The minimum Gasteiger partial charge on any atom is -0.306 e. The quantitative estimate of drug-likeness (QED) is 0.826. The minimum absolute atomic E-state index is 0.153. The topological polar surface area (TPSA) is 29.9 Å². The molecule has 1 unspecified atom stereocenters. The number of aromatic nitrogens is 2. The molecule has 0 aromatic carbocycles. The summed E-state index contributed by atoms with van der Waals surface area (Å²) in [6.07, 6.45) is 3.18. The van der Waals surface area contributed by atoms with Gasteiger partial charge >= 0.3 is 0 Å². The maximum absolute atomic E-state index is 4.54. The van der Waals surface area contributed by atoms with Gasteiger partial charge in [-0.1, -0.05) is 6.92 Å². The summed E-state index contributed by atoms with van der Waals surface area (Å²) in [5, 5.41) is 7.97. The molecule has 0 aliphatic rings. The van der Waals surface area contributed by atoms with Gasteiger partial charge in [0.25, 0.3) is 0 Å². The molecular weight excluding hydrogens is 186 g/mol. The molecule has 1 N–H and O–H groups in total. The molecule has 1 aromatic heterocycles. The van der Waals surface area contributed by atoms with E-state index >= 15 is 0 Å². The van der Waals surface area contributed by atoms with Gasteiger partial charge < -0.3 is 5.32 Å². The van der Waals surface area contributed by atoms with Gasteiger partial charge in [-0.15, -0.1) is 0 Å². The van der Waals surface area contributed by atoms with Crippen molar-refractivity contribution in [3.63, 3.8) is 0 Å². The van der Waals surface area contributed by atoms with Crippen molar-refractivity contribution < 1.29 is 0 Å². The number of hydrogen-bond acceptors (Lipinski definition) is 2. The Bertz CT molecular complexity index is 296. The number of rotatable bonds is 4. The van der Waals surface area contributed by atoms with E-state index < -0.39 is 0 Å². The van der Waals surface area contributed by atoms with Gasteiger partial charge in [-0.3, -0.25) is 4.68 Å². The summed E-state index contributed by atoms with van der Waals surface area (Å²) < 4.78 is 2.04. The van der Waals surface area contributed by atoms with Crippen molar-refractivity contribution in [3.05, 3.63) is 18.0 Å². The summed E-state index contributed by atoms with van der Waals surface area (Å²) in [5.41, 5.74) is 1.27. The average Bonchev–Trinajstić information content (AvgIpc) is 2.61. The van der Waals surface area contributed by atoms with E-state index in [1.54, 1.807) is 0 Å². The summed E-state index contributed by atoms with van der Waals surface area (Å²) in [6, 6.07) is 2.58. The van der Waals surface area contributed by atoms with Gasteiger partial charge in [0.2, 0.25) is 0 Å². The van der Waals surface area contributed by atoms with E-state index in [0.29, 0.717) is 6.04 Å². The first-order valence-corrected chi connectivity index (χ1v) is 5.71. The first-order chi connectivity index (χ1) is 6.92. The lowest BCUT2D eigenvalue weighted by molar-refractivity contribution is 0.414. The van der Waals surface area contributed by atoms with Crippen LogP contribution in [0.5, 0.6) is 0 Å². The number of nitrogens with zero attached hydrogens (tertiary/aromatic N) is 2. The Kier molecular flexibility index (Phi) is 3.91. The molecule has 0 saturated heterocycles. The zero-order valence-electron chi connectivity index (χ0n) is 10.5. The van der Waals surface area contributed by atoms with Crippen LogP contribution >= 0.6 is 0 Å². The maximum Gasteiger partial charge on any atom is 0.0762 e. The third-order valence-corrected chi connectivity index (χ3v) is 2.51. The van der Waals surface area contributed by atoms with Crippen LogP contribution in [0.1, 0.15) is 52.8 Å². The minimum atomic E-state index is 0.153. The van der Waals surface area contributed by atoms with E-state index in [2.05, 4.69) is 57.3 Å². The van der Waals surface area contributed by atoms with Crippen molar-refractivity contribution >= 4 is 0 Å². The van der Waals surface area contributed by atoms with Crippen LogP contribution in [0.15, 0.2) is 12.3 Å². The van der Waals surface area contributed by atoms with Gasteiger partial charge in [-0.05, 0) is 40.2 Å². The van der Waals surface area contributed by atoms with E-state index in [4.69, 9.17) is 0 Å². The van der Waals surface area contributed by atoms with Gasteiger partial charge in [-0.2, -0.15) is 5.10 Å². The molecule has 0 amide bonds. The summed E-state index contributed by atoms with van der Waals surface area (Å²) >= 11 is 0. The Hall–Kier alpha value is -0.830. The molecule has 86 valence electrons. The molecule has 0 bridgehead atoms. The van der Waals surface area contributed by atoms with E-state index in [1.165, 1.54) is 0 Å². The molecule has 0 saturated carbocycles. The Morgan fingerprint density at radius 1 is 1.47 bits per heavy atom. The molecule has 3 heteroatoms. The van der Waals surface area contributed by atoms with Crippen LogP contribution < -0.4 is 5.32 Å². The maximum atomic E-state index is 4.54. The molecule has 0 spiro atoms. The molecule has 1 heterocycles. The summed E-state index contributed by atoms with van der Waals surface area (Å²) in [7, 11) is 0. The molecule has 0 aliphatic heterocycles. The highest BCUT2D eigenvalue weighted by atomic mass is 15.3. The first kappa shape index (κ1) is 12.2. The zero-order valence-corrected chi connectivity index (χ0v) is 10.5. The summed E-state index contributed by atoms with van der Waals surface area (Å²) in [6.45, 7) is 11.7. The van der Waals surface area contributed by atoms with Crippen molar-refractivity contribution in [1.82, 2.24) is 15.1 Å². The molecule has 0 radical (unpaired) electrons. The average molecular weight is 209 g/mol. The predicted molar refractivity (Wildman–Crippen MR) is 63.8 cm³/mol. The fraction of sp³-hybridized carbons (Fsp3) is 0.750. The van der Waals surface area contributed by atoms with E-state index in [9.17, 15) is 0 Å². The fourth-order valence-corrected chi connectivity index (χ4v) is 1.26. The van der Waals surface area contributed by atoms with Crippen LogP contribution in [0.25, 0.3) is 0 Å². The SMILES string of the molecule is CCC(C)n1ccc(CNC(C)(C)C)n1. The Morgan fingerprint density at radius 2 is 2.13 bits per heavy atom. The summed E-state index contributed by atoms with van der Waals surface area (Å²) in [4.78, 5) is 0. The second kappa shape index (κ2) is 4.79. The van der Waals surface area contributed by atoms with Gasteiger partial charge in [0.05, 0.1) is 5.69 Å². The molecule has 3 nitrogen and oxygen atoms in total. The van der Waals surface area contributed by atoms with Crippen LogP contribution in [0.2, 0.25) is 0 Å². The van der Waals surface area contributed by atoms with E-state index in [1.807, 2.05) is 4.68 Å². The largest absolute Gasteiger partial charge is 0.306 e. The first-order valence-electron chi connectivity index (χ1n) is 5.71. The van der Waals surface area contributed by atoms with Gasteiger partial charge in [-0.25, -0.2) is 0 Å². The second-order valence-corrected chi connectivity index (χ2v) is 5.15. The zero-order chi connectivity index (χ0) is 11.5. The predicted octanol–water partition coefficient (Wildman–Crippen LogP) is 2.74. The Morgan fingerprint density at radius 3 is 2.67 bits per heavy atom. The number of hydrogen-bond donors (Lipinski definition) is 1. The van der Waals surface area contributed by atoms with Crippen LogP contribution in [-0.2, 0) is 6.54 Å². The van der Waals surface area contributed by atoms with Crippen molar-refractivity contribution in [2.24, 2.45) is 0 Å². The van der Waals surface area contributed by atoms with Crippen molar-refractivity contribution in [2.75, 3.05) is 0 Å². The fourth-order valence-electron chi connectivity index (χ4n) is 1.26. The lowest BCUT2D eigenvalue weighted by Gasteiger charge is -2.19. The van der Waals surface area contributed by atoms with E-state index in [0.717, 1.165) is 18.7 Å². The smallest absolute Gasteiger partial charge is 0.0762 e. The van der Waals surface area contributed by atoms with Crippen LogP contribution in [-0.4, -0.2) is 15.3 Å². The van der Waals surface area contributed by atoms with Crippen molar-refractivity contribution in [1.29, 1.82) is 0 Å². The molecule has 1 atom stereocenters. The molecular formula is C12H23N3. The third-order valence-electron chi connectivity index (χ3n) is 2.51. The van der Waals surface area contributed by atoms with Crippen LogP contribution in [0, 0.1) is 0 Å². The Balaban J connectivity index is 2.53. The molecule has 1 aromatic rings. The highest BCUT2D eigenvalue weighted by molar-refractivity contribution is 5.00. The molecule has 0 fully saturated rings. The molecule has 0 aliphatic carbocycles. The lowest BCUT2D eigenvalue weighted by atomic mass is 10.1. The second-order valence-electron chi connectivity index (χ2n) is 5.15. The highest BCUT2D eigenvalue weighted by Gasteiger charge is 2.10. The molecule has 15 heavy (non-hydrogen) atoms. The molecule has 1 rings (SSSR count). The van der Waals surface area contributed by atoms with E-state index in [-0.39, 0.29) is 5.54 Å². The van der Waals surface area contributed by atoms with Crippen molar-refractivity contribution in [2.45, 2.75) is 59.2 Å². The Labute approximate surface area is 92.9 Å². The standard InChI is InChI=1S/C12H23N3/c1-6-10(2)15-8-7-11(14-15)9-13-12(3,4)5/h7-8,10,13H,6,9H2,1-5H3. The van der Waals surface area contributed by atoms with Gasteiger partial charge in [0, 0.05) is 24.3 Å². The summed E-state index contributed by atoms with van der Waals surface area (Å²) in [5.74, 6) is 0. The van der Waals surface area contributed by atoms with Crippen molar-refractivity contribution in [3.8, 4) is 0 Å². The monoisotopic (exact) mass is 209 g/mol. The lowest BCUT2D eigenvalue weighted by Crippen LogP contribution is -2.35. The highest BCUT2D eigenvalue weighted by Crippen LogP contribution is 2.09. The van der Waals surface area contributed by atoms with Crippen LogP contribution in [0.4, 0.5) is 0 Å². The normalized spacial score (nSPS) is 14.2. The third kappa shape index (κ3) is 4.04. The number of nitrogens with one attached hydrogen (secondary N) is 1.